The van der Waals surface area contributed by atoms with Crippen LogP contribution in [0.1, 0.15) is 19.2 Å². The van der Waals surface area contributed by atoms with Crippen LogP contribution in [0.25, 0.3) is 10.9 Å². The van der Waals surface area contributed by atoms with Gasteiger partial charge in [-0.3, -0.25) is 14.3 Å². The normalized spacial score (nSPS) is 23.6. The molecule has 21 heavy (non-hydrogen) atoms. The Labute approximate surface area is 123 Å². The Kier molecular flexibility index (Phi) is 3.78. The fourth-order valence-electron chi connectivity index (χ4n) is 2.86. The number of fused-ring (bicyclic) bond motifs is 1. The molecule has 112 valence electrons. The van der Waals surface area contributed by atoms with Crippen molar-refractivity contribution in [3.05, 3.63) is 40.4 Å². The molecule has 0 radical (unpaired) electrons. The molecule has 3 rings (SSSR count). The first kappa shape index (κ1) is 14.2. The molecule has 0 amide bonds. The summed E-state index contributed by atoms with van der Waals surface area (Å²) in [6.07, 6.45) is 0.680. The van der Waals surface area contributed by atoms with Gasteiger partial charge < -0.3 is 5.11 Å². The number of aromatic nitrogens is 2. The van der Waals surface area contributed by atoms with Crippen molar-refractivity contribution in [2.75, 3.05) is 13.1 Å². The maximum atomic E-state index is 12.4. The Morgan fingerprint density at radius 1 is 1.38 bits per heavy atom. The largest absolute Gasteiger partial charge is 0.392 e. The molecule has 2 aromatic rings. The van der Waals surface area contributed by atoms with E-state index in [9.17, 15) is 9.90 Å². The van der Waals surface area contributed by atoms with Crippen LogP contribution in [-0.2, 0) is 13.6 Å². The summed E-state index contributed by atoms with van der Waals surface area (Å²) in [4.78, 5) is 19.1. The SMILES string of the molecule is C[C@H]1CCN(Cc2nc3ccccc3c(=O)n2C)C[C@@H]1O. The Hall–Kier alpha value is -1.72. The fourth-order valence-corrected chi connectivity index (χ4v) is 2.86. The summed E-state index contributed by atoms with van der Waals surface area (Å²) in [5.74, 6) is 1.09. The van der Waals surface area contributed by atoms with E-state index in [1.807, 2.05) is 18.2 Å². The van der Waals surface area contributed by atoms with Gasteiger partial charge in [0.2, 0.25) is 0 Å². The second-order valence-electron chi connectivity index (χ2n) is 5.98. The van der Waals surface area contributed by atoms with Gasteiger partial charge in [-0.25, -0.2) is 4.98 Å². The average Bonchev–Trinajstić information content (AvgIpc) is 2.48. The van der Waals surface area contributed by atoms with Gasteiger partial charge in [0, 0.05) is 13.6 Å². The van der Waals surface area contributed by atoms with Crippen molar-refractivity contribution in [3.63, 3.8) is 0 Å². The van der Waals surface area contributed by atoms with Crippen LogP contribution in [0.4, 0.5) is 0 Å². The quantitative estimate of drug-likeness (QED) is 0.900. The van der Waals surface area contributed by atoms with Crippen molar-refractivity contribution in [2.24, 2.45) is 13.0 Å². The zero-order chi connectivity index (χ0) is 15.0. The first-order valence-corrected chi connectivity index (χ1v) is 7.41. The third kappa shape index (κ3) is 2.71. The molecule has 1 aliphatic rings. The molecular formula is C16H21N3O2. The van der Waals surface area contributed by atoms with Gasteiger partial charge in [0.25, 0.3) is 5.56 Å². The topological polar surface area (TPSA) is 58.4 Å². The number of hydrogen-bond acceptors (Lipinski definition) is 4. The minimum absolute atomic E-state index is 0.0125. The number of rotatable bonds is 2. The zero-order valence-corrected chi connectivity index (χ0v) is 12.5. The molecule has 1 fully saturated rings. The predicted octanol–water partition coefficient (Wildman–Crippen LogP) is 1.14. The van der Waals surface area contributed by atoms with Crippen molar-refractivity contribution >= 4 is 10.9 Å². The van der Waals surface area contributed by atoms with Gasteiger partial charge in [0.1, 0.15) is 5.82 Å². The smallest absolute Gasteiger partial charge is 0.261 e. The van der Waals surface area contributed by atoms with E-state index in [1.165, 1.54) is 0 Å². The zero-order valence-electron chi connectivity index (χ0n) is 12.5. The summed E-state index contributed by atoms with van der Waals surface area (Å²) in [7, 11) is 1.76. The van der Waals surface area contributed by atoms with Gasteiger partial charge in [-0.2, -0.15) is 0 Å². The Morgan fingerprint density at radius 3 is 2.90 bits per heavy atom. The lowest BCUT2D eigenvalue weighted by molar-refractivity contribution is 0.0245. The molecule has 1 N–H and O–H groups in total. The van der Waals surface area contributed by atoms with E-state index in [0.29, 0.717) is 24.4 Å². The molecule has 0 aliphatic carbocycles. The van der Waals surface area contributed by atoms with Gasteiger partial charge in [-0.15, -0.1) is 0 Å². The van der Waals surface area contributed by atoms with Crippen molar-refractivity contribution < 1.29 is 5.11 Å². The summed E-state index contributed by atoms with van der Waals surface area (Å²) in [6.45, 7) is 4.25. The lowest BCUT2D eigenvalue weighted by Gasteiger charge is -2.34. The van der Waals surface area contributed by atoms with Gasteiger partial charge >= 0.3 is 0 Å². The maximum absolute atomic E-state index is 12.4. The number of benzene rings is 1. The molecule has 1 aromatic carbocycles. The number of nitrogens with zero attached hydrogens (tertiary/aromatic N) is 3. The minimum atomic E-state index is -0.295. The molecule has 1 saturated heterocycles. The van der Waals surface area contributed by atoms with Crippen molar-refractivity contribution in [1.29, 1.82) is 0 Å². The highest BCUT2D eigenvalue weighted by molar-refractivity contribution is 5.77. The number of aliphatic hydroxyl groups is 1. The molecule has 1 aliphatic heterocycles. The van der Waals surface area contributed by atoms with Crippen LogP contribution in [0.15, 0.2) is 29.1 Å². The van der Waals surface area contributed by atoms with Crippen molar-refractivity contribution in [1.82, 2.24) is 14.5 Å². The van der Waals surface area contributed by atoms with Crippen LogP contribution in [0.5, 0.6) is 0 Å². The molecular weight excluding hydrogens is 266 g/mol. The van der Waals surface area contributed by atoms with E-state index < -0.39 is 0 Å². The lowest BCUT2D eigenvalue weighted by Crippen LogP contribution is -2.43. The van der Waals surface area contributed by atoms with Crippen LogP contribution in [0, 0.1) is 5.92 Å². The Bertz CT molecular complexity index is 710. The highest BCUT2D eigenvalue weighted by Gasteiger charge is 2.25. The van der Waals surface area contributed by atoms with Gasteiger partial charge in [0.15, 0.2) is 0 Å². The highest BCUT2D eigenvalue weighted by Crippen LogP contribution is 2.18. The van der Waals surface area contributed by atoms with E-state index in [1.54, 1.807) is 17.7 Å². The lowest BCUT2D eigenvalue weighted by atomic mass is 9.96. The molecule has 5 heteroatoms. The Morgan fingerprint density at radius 2 is 2.14 bits per heavy atom. The second kappa shape index (κ2) is 5.58. The third-order valence-electron chi connectivity index (χ3n) is 4.44. The second-order valence-corrected chi connectivity index (χ2v) is 5.98. The summed E-state index contributed by atoms with van der Waals surface area (Å²) >= 11 is 0. The van der Waals surface area contributed by atoms with Crippen LogP contribution >= 0.6 is 0 Å². The number of β-amino-alcohol motifs (C(OH)–C–C–N with tert-alkyl or cyclic N) is 1. The summed E-state index contributed by atoms with van der Waals surface area (Å²) in [5.41, 5.74) is 0.725. The van der Waals surface area contributed by atoms with Crippen LogP contribution in [0.2, 0.25) is 0 Å². The fraction of sp³-hybridized carbons (Fsp3) is 0.500. The number of para-hydroxylation sites is 1. The summed E-state index contributed by atoms with van der Waals surface area (Å²) < 4.78 is 1.62. The molecule has 0 spiro atoms. The predicted molar refractivity (Wildman–Crippen MR) is 82.0 cm³/mol. The first-order valence-electron chi connectivity index (χ1n) is 7.41. The molecule has 1 aromatic heterocycles. The molecule has 0 saturated carbocycles. The van der Waals surface area contributed by atoms with Gasteiger partial charge in [0.05, 0.1) is 23.6 Å². The standard InChI is InChI=1S/C16H21N3O2/c1-11-7-8-19(9-14(11)20)10-15-17-13-6-4-3-5-12(13)16(21)18(15)2/h3-6,11,14,20H,7-10H2,1-2H3/t11-,14-/m0/s1. The van der Waals surface area contributed by atoms with E-state index >= 15 is 0 Å². The maximum Gasteiger partial charge on any atom is 0.261 e. The van der Waals surface area contributed by atoms with Crippen LogP contribution < -0.4 is 5.56 Å². The Balaban J connectivity index is 1.91. The average molecular weight is 287 g/mol. The molecule has 0 bridgehead atoms. The van der Waals surface area contributed by atoms with E-state index in [0.717, 1.165) is 24.3 Å². The van der Waals surface area contributed by atoms with E-state index in [4.69, 9.17) is 0 Å². The highest BCUT2D eigenvalue weighted by atomic mass is 16.3. The number of likely N-dealkylation sites (tertiary alicyclic amines) is 1. The van der Waals surface area contributed by atoms with E-state index in [2.05, 4.69) is 16.8 Å². The van der Waals surface area contributed by atoms with Crippen molar-refractivity contribution in [2.45, 2.75) is 26.0 Å². The van der Waals surface area contributed by atoms with Gasteiger partial charge in [-0.1, -0.05) is 19.1 Å². The number of aliphatic hydroxyl groups excluding tert-OH is 1. The summed E-state index contributed by atoms with van der Waals surface area (Å²) in [6, 6.07) is 7.42. The number of piperidine rings is 1. The van der Waals surface area contributed by atoms with Crippen molar-refractivity contribution in [3.8, 4) is 0 Å². The molecule has 2 atom stereocenters. The van der Waals surface area contributed by atoms with Crippen LogP contribution in [-0.4, -0.2) is 38.8 Å². The first-order chi connectivity index (χ1) is 10.1. The molecule has 0 unspecified atom stereocenters. The van der Waals surface area contributed by atoms with Crippen LogP contribution in [0.3, 0.4) is 0 Å². The monoisotopic (exact) mass is 287 g/mol. The summed E-state index contributed by atoms with van der Waals surface area (Å²) in [5, 5.41) is 10.6. The van der Waals surface area contributed by atoms with Gasteiger partial charge in [-0.05, 0) is 31.0 Å². The van der Waals surface area contributed by atoms with E-state index in [-0.39, 0.29) is 11.7 Å². The molecule has 5 nitrogen and oxygen atoms in total. The minimum Gasteiger partial charge on any atom is -0.392 e. The third-order valence-corrected chi connectivity index (χ3v) is 4.44. The number of hydrogen-bond donors (Lipinski definition) is 1. The molecule has 2 heterocycles.